The van der Waals surface area contributed by atoms with Gasteiger partial charge in [0.05, 0.1) is 13.2 Å². The van der Waals surface area contributed by atoms with E-state index in [1.165, 1.54) is 167 Å². The van der Waals surface area contributed by atoms with E-state index in [1.807, 2.05) is 0 Å². The third-order valence-corrected chi connectivity index (χ3v) is 10.1. The zero-order valence-corrected chi connectivity index (χ0v) is 27.2. The van der Waals surface area contributed by atoms with Gasteiger partial charge < -0.3 is 0 Å². The van der Waals surface area contributed by atoms with Gasteiger partial charge in [-0.15, -0.1) is 0 Å². The molecule has 0 aromatic carbocycles. The maximum atomic E-state index is 8.51. The van der Waals surface area contributed by atoms with Crippen LogP contribution in [0.1, 0.15) is 194 Å². The summed E-state index contributed by atoms with van der Waals surface area (Å²) in [5.41, 5.74) is 0. The molecule has 0 radical (unpaired) electrons. The Morgan fingerprint density at radius 2 is 0.700 bits per heavy atom. The van der Waals surface area contributed by atoms with Crippen LogP contribution in [0.2, 0.25) is 0 Å². The molecule has 0 bridgehead atoms. The first-order chi connectivity index (χ1) is 19.8. The fourth-order valence-electron chi connectivity index (χ4n) is 7.70. The Morgan fingerprint density at radius 1 is 0.400 bits per heavy atom. The van der Waals surface area contributed by atoms with Crippen LogP contribution >= 0.6 is 0 Å². The third kappa shape index (κ3) is 19.9. The van der Waals surface area contributed by atoms with Gasteiger partial charge in [-0.2, -0.15) is 0 Å². The van der Waals surface area contributed by atoms with Crippen molar-refractivity contribution in [2.45, 2.75) is 194 Å². The SMILES string of the molecule is CCCCCCC1CC[C@@H](CCCCCCCCOO)C(CCCCCCCCCCOO)C1CCCCCC. The average molecular weight is 569 g/mol. The maximum absolute atomic E-state index is 8.51. The molecule has 1 rings (SSSR count). The smallest absolute Gasteiger partial charge is 0.0819 e. The van der Waals surface area contributed by atoms with Gasteiger partial charge in [0.2, 0.25) is 0 Å². The van der Waals surface area contributed by atoms with Gasteiger partial charge in [0, 0.05) is 0 Å². The summed E-state index contributed by atoms with van der Waals surface area (Å²) in [6.07, 6.45) is 38.3. The molecule has 4 atom stereocenters. The topological polar surface area (TPSA) is 58.9 Å². The van der Waals surface area contributed by atoms with Crippen LogP contribution in [0.5, 0.6) is 0 Å². The summed E-state index contributed by atoms with van der Waals surface area (Å²) in [6.45, 7) is 5.67. The molecule has 0 aliphatic heterocycles. The van der Waals surface area contributed by atoms with Crippen molar-refractivity contribution in [3.05, 3.63) is 0 Å². The highest BCUT2D eigenvalue weighted by atomic mass is 17.1. The zero-order chi connectivity index (χ0) is 28.9. The fraction of sp³-hybridized carbons (Fsp3) is 1.00. The molecule has 0 aromatic heterocycles. The van der Waals surface area contributed by atoms with E-state index in [1.54, 1.807) is 0 Å². The highest BCUT2D eigenvalue weighted by molar-refractivity contribution is 4.88. The monoisotopic (exact) mass is 569 g/mol. The van der Waals surface area contributed by atoms with E-state index >= 15 is 0 Å². The maximum Gasteiger partial charge on any atom is 0.0819 e. The molecule has 1 aliphatic carbocycles. The minimum atomic E-state index is 0.488. The standard InChI is InChI=1S/C36H72O4/c1-3-5-7-19-25-33-29-30-34(26-20-15-12-14-18-24-32-40-38)36(35(33)27-21-8-6-4-2)28-22-16-11-9-10-13-17-23-31-39-37/h33-38H,3-32H2,1-2H3/t33?,34-,35?,36?/m1/s1. The summed E-state index contributed by atoms with van der Waals surface area (Å²) in [5.74, 6) is 3.94. The van der Waals surface area contributed by atoms with Gasteiger partial charge in [0.1, 0.15) is 0 Å². The van der Waals surface area contributed by atoms with Gasteiger partial charge in [-0.3, -0.25) is 10.5 Å². The quantitative estimate of drug-likeness (QED) is 0.0514. The Balaban J connectivity index is 2.61. The van der Waals surface area contributed by atoms with Crippen LogP contribution in [-0.2, 0) is 9.78 Å². The van der Waals surface area contributed by atoms with Crippen LogP contribution in [0.15, 0.2) is 0 Å². The minimum Gasteiger partial charge on any atom is -0.252 e. The molecule has 4 nitrogen and oxygen atoms in total. The molecule has 0 amide bonds. The molecule has 2 N–H and O–H groups in total. The molecule has 240 valence electrons. The Morgan fingerprint density at radius 3 is 1.05 bits per heavy atom. The molecule has 0 saturated heterocycles. The molecular weight excluding hydrogens is 496 g/mol. The highest BCUT2D eigenvalue weighted by Gasteiger charge is 2.37. The molecule has 40 heavy (non-hydrogen) atoms. The lowest BCUT2D eigenvalue weighted by Crippen LogP contribution is -2.35. The summed E-state index contributed by atoms with van der Waals surface area (Å²) in [5, 5.41) is 17.0. The Kier molecular flexibility index (Phi) is 27.4. The van der Waals surface area contributed by atoms with Crippen molar-refractivity contribution in [3.63, 3.8) is 0 Å². The molecule has 4 heteroatoms. The van der Waals surface area contributed by atoms with Crippen molar-refractivity contribution >= 4 is 0 Å². The van der Waals surface area contributed by atoms with Gasteiger partial charge in [-0.05, 0) is 62.2 Å². The molecular formula is C36H72O4. The summed E-state index contributed by atoms with van der Waals surface area (Å²) < 4.78 is 0. The van der Waals surface area contributed by atoms with Gasteiger partial charge in [0.15, 0.2) is 0 Å². The molecule has 0 aromatic rings. The van der Waals surface area contributed by atoms with Crippen LogP contribution in [0.25, 0.3) is 0 Å². The summed E-state index contributed by atoms with van der Waals surface area (Å²) in [6, 6.07) is 0. The molecule has 0 spiro atoms. The lowest BCUT2D eigenvalue weighted by Gasteiger charge is -2.44. The molecule has 1 fully saturated rings. The normalized spacial score (nSPS) is 21.3. The predicted molar refractivity (Wildman–Crippen MR) is 172 cm³/mol. The van der Waals surface area contributed by atoms with E-state index in [-0.39, 0.29) is 0 Å². The van der Waals surface area contributed by atoms with E-state index in [2.05, 4.69) is 23.6 Å². The Bertz CT molecular complexity index is 499. The van der Waals surface area contributed by atoms with E-state index in [0.717, 1.165) is 36.5 Å². The first-order valence-corrected chi connectivity index (χ1v) is 18.3. The van der Waals surface area contributed by atoms with Gasteiger partial charge in [-0.25, -0.2) is 9.78 Å². The zero-order valence-electron chi connectivity index (χ0n) is 27.2. The van der Waals surface area contributed by atoms with E-state index in [4.69, 9.17) is 10.5 Å². The molecule has 0 heterocycles. The van der Waals surface area contributed by atoms with Crippen molar-refractivity contribution in [1.29, 1.82) is 0 Å². The van der Waals surface area contributed by atoms with Crippen molar-refractivity contribution in [1.82, 2.24) is 0 Å². The number of hydrogen-bond acceptors (Lipinski definition) is 4. The van der Waals surface area contributed by atoms with Crippen LogP contribution in [0.4, 0.5) is 0 Å². The molecule has 1 aliphatic rings. The van der Waals surface area contributed by atoms with E-state index < -0.39 is 0 Å². The van der Waals surface area contributed by atoms with Crippen molar-refractivity contribution < 1.29 is 20.3 Å². The Labute approximate surface area is 250 Å². The predicted octanol–water partition coefficient (Wildman–Crippen LogP) is 12.4. The lowest BCUT2D eigenvalue weighted by atomic mass is 9.61. The van der Waals surface area contributed by atoms with Gasteiger partial charge >= 0.3 is 0 Å². The molecule has 1 saturated carbocycles. The number of rotatable bonds is 30. The van der Waals surface area contributed by atoms with E-state index in [9.17, 15) is 0 Å². The summed E-state index contributed by atoms with van der Waals surface area (Å²) >= 11 is 0. The van der Waals surface area contributed by atoms with E-state index in [0.29, 0.717) is 13.2 Å². The van der Waals surface area contributed by atoms with Crippen molar-refractivity contribution in [2.75, 3.05) is 13.2 Å². The lowest BCUT2D eigenvalue weighted by molar-refractivity contribution is -0.242. The number of unbranched alkanes of at least 4 members (excludes halogenated alkanes) is 18. The number of hydrogen-bond donors (Lipinski definition) is 2. The average Bonchev–Trinajstić information content (AvgIpc) is 2.97. The van der Waals surface area contributed by atoms with Gasteiger partial charge in [0.25, 0.3) is 0 Å². The first kappa shape index (κ1) is 37.9. The summed E-state index contributed by atoms with van der Waals surface area (Å²) in [7, 11) is 0. The Hall–Kier alpha value is -0.160. The fourth-order valence-corrected chi connectivity index (χ4v) is 7.70. The van der Waals surface area contributed by atoms with Crippen LogP contribution < -0.4 is 0 Å². The van der Waals surface area contributed by atoms with Gasteiger partial charge in [-0.1, -0.05) is 155 Å². The minimum absolute atomic E-state index is 0.488. The first-order valence-electron chi connectivity index (χ1n) is 18.3. The second-order valence-electron chi connectivity index (χ2n) is 13.3. The van der Waals surface area contributed by atoms with Crippen LogP contribution in [0, 0.1) is 23.7 Å². The van der Waals surface area contributed by atoms with Crippen molar-refractivity contribution in [3.8, 4) is 0 Å². The molecule has 3 unspecified atom stereocenters. The largest absolute Gasteiger partial charge is 0.252 e. The van der Waals surface area contributed by atoms with Crippen LogP contribution in [0.3, 0.4) is 0 Å². The van der Waals surface area contributed by atoms with Crippen LogP contribution in [-0.4, -0.2) is 23.7 Å². The second-order valence-corrected chi connectivity index (χ2v) is 13.3. The summed E-state index contributed by atoms with van der Waals surface area (Å²) in [4.78, 5) is 8.42. The third-order valence-electron chi connectivity index (χ3n) is 10.1. The van der Waals surface area contributed by atoms with Crippen molar-refractivity contribution in [2.24, 2.45) is 23.7 Å². The highest BCUT2D eigenvalue weighted by Crippen LogP contribution is 2.47. The second kappa shape index (κ2) is 28.9.